The lowest BCUT2D eigenvalue weighted by molar-refractivity contribution is 0.0959. The Kier molecular flexibility index (Phi) is 7.68. The monoisotopic (exact) mass is 628 g/mol. The Hall–Kier alpha value is -3.38. The number of anilines is 1. The Morgan fingerprint density at radius 3 is 2.84 bits per heavy atom. The summed E-state index contributed by atoms with van der Waals surface area (Å²) >= 11 is 6.50. The number of benzene rings is 3. The number of ether oxygens (including phenoxy) is 2. The minimum absolute atomic E-state index is 0.0778. The molecule has 44 heavy (non-hydrogen) atoms. The summed E-state index contributed by atoms with van der Waals surface area (Å²) in [6.07, 6.45) is 1.08. The Morgan fingerprint density at radius 1 is 1.14 bits per heavy atom. The number of rotatable bonds is 6. The second-order valence-electron chi connectivity index (χ2n) is 12.0. The van der Waals surface area contributed by atoms with E-state index < -0.39 is 28.9 Å². The van der Waals surface area contributed by atoms with Gasteiger partial charge < -0.3 is 24.6 Å². The van der Waals surface area contributed by atoms with Gasteiger partial charge in [-0.1, -0.05) is 23.7 Å². The number of hydrogen-bond donors (Lipinski definition) is 2. The van der Waals surface area contributed by atoms with E-state index in [0.29, 0.717) is 50.0 Å². The predicted octanol–water partition coefficient (Wildman–Crippen LogP) is 5.49. The molecular formula is C32H32ClF3N4O4. The molecule has 0 bridgehead atoms. The first kappa shape index (κ1) is 29.3. The van der Waals surface area contributed by atoms with Crippen molar-refractivity contribution in [3.63, 3.8) is 0 Å². The van der Waals surface area contributed by atoms with Gasteiger partial charge in [0.25, 0.3) is 0 Å². The third kappa shape index (κ3) is 5.09. The van der Waals surface area contributed by atoms with Gasteiger partial charge in [-0.25, -0.2) is 13.2 Å². The molecule has 3 saturated heterocycles. The van der Waals surface area contributed by atoms with Crippen molar-refractivity contribution in [3.8, 4) is 22.9 Å². The molecule has 0 amide bonds. The second-order valence-corrected chi connectivity index (χ2v) is 12.4. The molecule has 4 aromatic rings. The molecular weight excluding hydrogens is 597 g/mol. The SMILES string of the molecule is OCC1COCCN(c2nc(OC[C@@]34CCCN3C[C@H](F)C4)nc3c(F)c(-c4cc(O)cc5cccc(Cl)c45)c(F)cc23)C1. The smallest absolute Gasteiger partial charge is 0.319 e. The average molecular weight is 629 g/mol. The van der Waals surface area contributed by atoms with Gasteiger partial charge >= 0.3 is 6.01 Å². The van der Waals surface area contributed by atoms with Crippen LogP contribution in [-0.4, -0.2) is 89.4 Å². The highest BCUT2D eigenvalue weighted by Crippen LogP contribution is 2.43. The zero-order chi connectivity index (χ0) is 30.6. The van der Waals surface area contributed by atoms with Crippen LogP contribution in [0, 0.1) is 17.6 Å². The van der Waals surface area contributed by atoms with E-state index >= 15 is 8.78 Å². The zero-order valence-corrected chi connectivity index (χ0v) is 24.7. The maximum atomic E-state index is 16.7. The third-order valence-corrected chi connectivity index (χ3v) is 9.46. The van der Waals surface area contributed by atoms with E-state index in [2.05, 4.69) is 14.9 Å². The van der Waals surface area contributed by atoms with Crippen molar-refractivity contribution in [1.82, 2.24) is 14.9 Å². The summed E-state index contributed by atoms with van der Waals surface area (Å²) in [5, 5.41) is 21.6. The molecule has 0 spiro atoms. The number of aromatic hydroxyl groups is 1. The van der Waals surface area contributed by atoms with E-state index in [1.807, 2.05) is 4.90 Å². The maximum Gasteiger partial charge on any atom is 0.319 e. The van der Waals surface area contributed by atoms with Crippen LogP contribution in [-0.2, 0) is 4.74 Å². The highest BCUT2D eigenvalue weighted by molar-refractivity contribution is 6.36. The second kappa shape index (κ2) is 11.5. The maximum absolute atomic E-state index is 16.7. The quantitative estimate of drug-likeness (QED) is 0.290. The molecule has 2 N–H and O–H groups in total. The van der Waals surface area contributed by atoms with Crippen LogP contribution < -0.4 is 9.64 Å². The molecule has 3 fully saturated rings. The van der Waals surface area contributed by atoms with E-state index in [4.69, 9.17) is 21.1 Å². The molecule has 3 aromatic carbocycles. The first-order valence-electron chi connectivity index (χ1n) is 14.8. The minimum Gasteiger partial charge on any atom is -0.508 e. The van der Waals surface area contributed by atoms with Crippen molar-refractivity contribution in [2.24, 2.45) is 5.92 Å². The van der Waals surface area contributed by atoms with Crippen LogP contribution in [0.1, 0.15) is 19.3 Å². The standard InChI is InChI=1S/C32H32ClF3N4O4/c33-24-4-1-3-19-9-21(42)10-22(26(19)24)27-25(35)11-23-29(28(27)36)37-31(38-30(23)39-7-8-43-16-18(13-39)15-41)44-17-32-5-2-6-40(32)14-20(34)12-32/h1,3-4,9-11,18,20,41-42H,2,5-8,12-17H2/t18?,20-,32+/m1/s1. The van der Waals surface area contributed by atoms with Gasteiger partial charge in [-0.3, -0.25) is 4.90 Å². The fraction of sp³-hybridized carbons (Fsp3) is 0.438. The van der Waals surface area contributed by atoms with Crippen molar-refractivity contribution < 1.29 is 32.9 Å². The van der Waals surface area contributed by atoms with Crippen molar-refractivity contribution in [3.05, 3.63) is 53.1 Å². The topological polar surface area (TPSA) is 91.2 Å². The van der Waals surface area contributed by atoms with Gasteiger partial charge in [-0.05, 0) is 49.0 Å². The number of fused-ring (bicyclic) bond motifs is 3. The summed E-state index contributed by atoms with van der Waals surface area (Å²) in [5.41, 5.74) is -0.980. The van der Waals surface area contributed by atoms with Gasteiger partial charge in [-0.15, -0.1) is 0 Å². The van der Waals surface area contributed by atoms with Gasteiger partial charge in [0.05, 0.1) is 24.3 Å². The van der Waals surface area contributed by atoms with Gasteiger partial charge in [0.1, 0.15) is 35.7 Å². The largest absolute Gasteiger partial charge is 0.508 e. The summed E-state index contributed by atoms with van der Waals surface area (Å²) < 4.78 is 59.0. The van der Waals surface area contributed by atoms with E-state index in [1.54, 1.807) is 18.2 Å². The lowest BCUT2D eigenvalue weighted by Gasteiger charge is -2.31. The molecule has 8 nitrogen and oxygen atoms in total. The van der Waals surface area contributed by atoms with Crippen molar-refractivity contribution in [1.29, 1.82) is 0 Å². The minimum atomic E-state index is -0.963. The summed E-state index contributed by atoms with van der Waals surface area (Å²) in [7, 11) is 0. The van der Waals surface area contributed by atoms with Gasteiger partial charge in [-0.2, -0.15) is 9.97 Å². The lowest BCUT2D eigenvalue weighted by Crippen LogP contribution is -2.43. The Balaban J connectivity index is 1.39. The molecule has 0 saturated carbocycles. The number of hydrogen-bond acceptors (Lipinski definition) is 8. The first-order chi connectivity index (χ1) is 21.3. The van der Waals surface area contributed by atoms with Crippen molar-refractivity contribution in [2.75, 3.05) is 57.5 Å². The molecule has 0 aliphatic carbocycles. The van der Waals surface area contributed by atoms with Crippen LogP contribution in [0.2, 0.25) is 5.02 Å². The summed E-state index contributed by atoms with van der Waals surface area (Å²) in [4.78, 5) is 13.0. The summed E-state index contributed by atoms with van der Waals surface area (Å²) in [6.45, 7) is 2.48. The Morgan fingerprint density at radius 2 is 2.00 bits per heavy atom. The molecule has 4 heterocycles. The number of aliphatic hydroxyl groups is 1. The van der Waals surface area contributed by atoms with Crippen molar-refractivity contribution in [2.45, 2.75) is 31.0 Å². The molecule has 0 radical (unpaired) electrons. The fourth-order valence-corrected chi connectivity index (χ4v) is 7.39. The number of phenolic OH excluding ortho intramolecular Hbond substituents is 1. The molecule has 3 aliphatic heterocycles. The molecule has 3 atom stereocenters. The van der Waals surface area contributed by atoms with E-state index in [1.165, 1.54) is 18.2 Å². The Labute approximate surface area is 257 Å². The van der Waals surface area contributed by atoms with Crippen LogP contribution in [0.5, 0.6) is 11.8 Å². The van der Waals surface area contributed by atoms with Crippen LogP contribution in [0.25, 0.3) is 32.8 Å². The number of alkyl halides is 1. The first-order valence-corrected chi connectivity index (χ1v) is 15.2. The average Bonchev–Trinajstić information content (AvgIpc) is 3.40. The highest BCUT2D eigenvalue weighted by Gasteiger charge is 2.49. The normalized spacial score (nSPS) is 24.2. The molecule has 12 heteroatoms. The molecule has 7 rings (SSSR count). The molecule has 1 unspecified atom stereocenters. The summed E-state index contributed by atoms with van der Waals surface area (Å²) in [5.74, 6) is -2.02. The van der Waals surface area contributed by atoms with E-state index in [0.717, 1.165) is 19.4 Å². The van der Waals surface area contributed by atoms with Gasteiger partial charge in [0.15, 0.2) is 5.82 Å². The molecule has 3 aliphatic rings. The predicted molar refractivity (Wildman–Crippen MR) is 161 cm³/mol. The van der Waals surface area contributed by atoms with E-state index in [9.17, 15) is 14.6 Å². The number of halogens is 4. The number of nitrogens with zero attached hydrogens (tertiary/aromatic N) is 4. The fourth-order valence-electron chi connectivity index (χ4n) is 7.11. The lowest BCUT2D eigenvalue weighted by atomic mass is 9.95. The molecule has 1 aromatic heterocycles. The number of aliphatic hydroxyl groups excluding tert-OH is 1. The van der Waals surface area contributed by atoms with Gasteiger partial charge in [0.2, 0.25) is 0 Å². The zero-order valence-electron chi connectivity index (χ0n) is 23.9. The van der Waals surface area contributed by atoms with Crippen LogP contribution in [0.15, 0.2) is 36.4 Å². The number of phenols is 1. The van der Waals surface area contributed by atoms with E-state index in [-0.39, 0.29) is 58.2 Å². The third-order valence-electron chi connectivity index (χ3n) is 9.15. The Bertz CT molecular complexity index is 1750. The molecule has 232 valence electrons. The van der Waals surface area contributed by atoms with Gasteiger partial charge in [0, 0.05) is 59.9 Å². The highest BCUT2D eigenvalue weighted by atomic mass is 35.5. The number of aromatic nitrogens is 2. The van der Waals surface area contributed by atoms with Crippen LogP contribution in [0.3, 0.4) is 0 Å². The van der Waals surface area contributed by atoms with Crippen molar-refractivity contribution >= 4 is 39.1 Å². The van der Waals surface area contributed by atoms with Crippen LogP contribution >= 0.6 is 11.6 Å². The summed E-state index contributed by atoms with van der Waals surface area (Å²) in [6, 6.07) is 8.82. The van der Waals surface area contributed by atoms with Crippen LogP contribution in [0.4, 0.5) is 19.0 Å².